The van der Waals surface area contributed by atoms with E-state index in [2.05, 4.69) is 11.6 Å². The highest BCUT2D eigenvalue weighted by Crippen LogP contribution is 2.43. The Morgan fingerprint density at radius 3 is 2.65 bits per heavy atom. The number of carboxylic acids is 1. The maximum Gasteiger partial charge on any atom is 0.336 e. The van der Waals surface area contributed by atoms with Crippen molar-refractivity contribution in [2.24, 2.45) is 0 Å². The van der Waals surface area contributed by atoms with Crippen molar-refractivity contribution < 1.29 is 28.2 Å². The number of carbonyl (C=O) groups is 1. The van der Waals surface area contributed by atoms with Crippen LogP contribution in [0.3, 0.4) is 0 Å². The minimum Gasteiger partial charge on any atom is -0.493 e. The minimum absolute atomic E-state index is 0.0292. The van der Waals surface area contributed by atoms with E-state index in [9.17, 15) is 18.7 Å². The molecule has 0 radical (unpaired) electrons. The largest absolute Gasteiger partial charge is 0.493 e. The van der Waals surface area contributed by atoms with Gasteiger partial charge in [-0.1, -0.05) is 30.5 Å². The van der Waals surface area contributed by atoms with Crippen LogP contribution >= 0.6 is 11.8 Å². The molecule has 1 aliphatic heterocycles. The Balaban J connectivity index is 1.82. The van der Waals surface area contributed by atoms with Gasteiger partial charge < -0.3 is 14.6 Å². The predicted molar refractivity (Wildman–Crippen MR) is 139 cm³/mol. The van der Waals surface area contributed by atoms with Crippen molar-refractivity contribution in [1.29, 1.82) is 0 Å². The summed E-state index contributed by atoms with van der Waals surface area (Å²) >= 11 is 1.18. The van der Waals surface area contributed by atoms with Gasteiger partial charge in [0, 0.05) is 22.4 Å². The van der Waals surface area contributed by atoms with E-state index in [1.54, 1.807) is 37.1 Å². The highest BCUT2D eigenvalue weighted by molar-refractivity contribution is 7.98. The number of imidazole rings is 1. The van der Waals surface area contributed by atoms with E-state index in [0.29, 0.717) is 28.8 Å². The van der Waals surface area contributed by atoms with Crippen LogP contribution in [-0.4, -0.2) is 34.8 Å². The molecule has 1 unspecified atom stereocenters. The maximum atomic E-state index is 14.6. The Labute approximate surface area is 217 Å². The Bertz CT molecular complexity index is 1430. The summed E-state index contributed by atoms with van der Waals surface area (Å²) in [6.45, 7) is 6.09. The summed E-state index contributed by atoms with van der Waals surface area (Å²) in [5, 5.41) is 9.97. The molecule has 2 aromatic carbocycles. The first-order valence-corrected chi connectivity index (χ1v) is 12.4. The molecule has 3 aromatic rings. The Morgan fingerprint density at radius 1 is 1.19 bits per heavy atom. The van der Waals surface area contributed by atoms with Crippen molar-refractivity contribution in [2.75, 3.05) is 14.2 Å². The Kier molecular flexibility index (Phi) is 7.54. The normalized spacial score (nSPS) is 17.3. The van der Waals surface area contributed by atoms with Gasteiger partial charge in [0.05, 0.1) is 31.7 Å². The molecule has 0 saturated heterocycles. The van der Waals surface area contributed by atoms with Gasteiger partial charge in [-0.05, 0) is 61.4 Å². The van der Waals surface area contributed by atoms with Crippen LogP contribution in [0.1, 0.15) is 40.5 Å². The molecular weight excluding hydrogens is 498 g/mol. The van der Waals surface area contributed by atoms with Gasteiger partial charge in [0.1, 0.15) is 11.6 Å². The fraction of sp³-hybridized carbons (Fsp3) is 0.214. The number of aromatic carboxylic acids is 1. The molecule has 6 nitrogen and oxygen atoms in total. The number of thioether (sulfide) groups is 1. The fourth-order valence-electron chi connectivity index (χ4n) is 4.32. The van der Waals surface area contributed by atoms with Crippen LogP contribution in [0, 0.1) is 5.82 Å². The third kappa shape index (κ3) is 5.04. The molecule has 9 heteroatoms. The highest BCUT2D eigenvalue weighted by atomic mass is 32.2. The second kappa shape index (κ2) is 10.6. The average molecular weight is 525 g/mol. The van der Waals surface area contributed by atoms with Gasteiger partial charge in [0.2, 0.25) is 0 Å². The van der Waals surface area contributed by atoms with E-state index < -0.39 is 23.0 Å². The molecule has 0 fully saturated rings. The smallest absolute Gasteiger partial charge is 0.336 e. The zero-order chi connectivity index (χ0) is 26.7. The summed E-state index contributed by atoms with van der Waals surface area (Å²) in [4.78, 5) is 16.2. The van der Waals surface area contributed by atoms with E-state index in [-0.39, 0.29) is 16.9 Å². The van der Waals surface area contributed by atoms with Crippen LogP contribution in [0.25, 0.3) is 5.70 Å². The first-order valence-electron chi connectivity index (χ1n) is 11.4. The Morgan fingerprint density at radius 2 is 1.95 bits per heavy atom. The lowest BCUT2D eigenvalue weighted by atomic mass is 9.76. The van der Waals surface area contributed by atoms with Gasteiger partial charge in [0.15, 0.2) is 16.7 Å². The minimum atomic E-state index is -1.21. The van der Waals surface area contributed by atoms with Gasteiger partial charge >= 0.3 is 5.97 Å². The second-order valence-corrected chi connectivity index (χ2v) is 9.58. The summed E-state index contributed by atoms with van der Waals surface area (Å²) in [6, 6.07) is 9.50. The molecule has 192 valence electrons. The van der Waals surface area contributed by atoms with Gasteiger partial charge in [-0.15, -0.1) is 0 Å². The predicted octanol–water partition coefficient (Wildman–Crippen LogP) is 6.62. The van der Waals surface area contributed by atoms with Gasteiger partial charge in [-0.2, -0.15) is 0 Å². The monoisotopic (exact) mass is 524 g/mol. The van der Waals surface area contributed by atoms with Crippen molar-refractivity contribution >= 4 is 23.4 Å². The first-order chi connectivity index (χ1) is 17.7. The molecular formula is C28H26F2N2O4S. The Hall–Kier alpha value is -3.85. The summed E-state index contributed by atoms with van der Waals surface area (Å²) < 4.78 is 41.9. The molecule has 1 aromatic heterocycles. The molecule has 37 heavy (non-hydrogen) atoms. The molecule has 0 saturated carbocycles. The summed E-state index contributed by atoms with van der Waals surface area (Å²) in [7, 11) is 3.10. The zero-order valence-electron chi connectivity index (χ0n) is 20.6. The SMILES string of the molecule is C=C1C=CC(F)=CCC(C)(c2ccc(OC)c(OC)c2)c2cnc(SCc3c(F)cccc3C(=O)O)n21. The molecule has 2 heterocycles. The summed E-state index contributed by atoms with van der Waals surface area (Å²) in [5.74, 6) is -1.10. The van der Waals surface area contributed by atoms with Crippen LogP contribution in [0.4, 0.5) is 8.78 Å². The number of methoxy groups -OCH3 is 2. The lowest BCUT2D eigenvalue weighted by Crippen LogP contribution is -2.26. The first kappa shape index (κ1) is 26.2. The number of aromatic nitrogens is 2. The van der Waals surface area contributed by atoms with Crippen molar-refractivity contribution in [2.45, 2.75) is 29.7 Å². The fourth-order valence-corrected chi connectivity index (χ4v) is 5.35. The number of ether oxygens (including phenoxy) is 2. The topological polar surface area (TPSA) is 73.6 Å². The zero-order valence-corrected chi connectivity index (χ0v) is 21.4. The molecule has 1 atom stereocenters. The van der Waals surface area contributed by atoms with E-state index >= 15 is 0 Å². The standard InChI is InChI=1S/C28H26F2N2O4S/c1-17-8-10-19(29)12-13-28(2,18-9-11-23(35-3)24(14-18)36-4)25-15-31-27(32(17)25)37-16-21-20(26(33)34)6-5-7-22(21)30/h5-12,14-15H,1,13,16H2,2-4H3,(H,33,34). The third-order valence-corrected chi connectivity index (χ3v) is 7.42. The van der Waals surface area contributed by atoms with Gasteiger partial charge in [-0.25, -0.2) is 18.6 Å². The average Bonchev–Trinajstić information content (AvgIpc) is 3.34. The number of fused-ring (bicyclic) bond motifs is 1. The van der Waals surface area contributed by atoms with E-state index in [1.807, 2.05) is 19.1 Å². The summed E-state index contributed by atoms with van der Waals surface area (Å²) in [6.07, 6.45) is 6.38. The number of nitrogens with zero attached hydrogens (tertiary/aromatic N) is 2. The maximum absolute atomic E-state index is 14.6. The van der Waals surface area contributed by atoms with E-state index in [0.717, 1.165) is 11.3 Å². The van der Waals surface area contributed by atoms with Crippen LogP contribution in [0.2, 0.25) is 0 Å². The molecule has 1 aliphatic rings. The van der Waals surface area contributed by atoms with Gasteiger partial charge in [-0.3, -0.25) is 4.57 Å². The van der Waals surface area contributed by atoms with Crippen LogP contribution in [-0.2, 0) is 11.2 Å². The van der Waals surface area contributed by atoms with Crippen LogP contribution in [0.15, 0.2) is 78.4 Å². The number of allylic oxidation sites excluding steroid dienone is 5. The number of rotatable bonds is 7. The van der Waals surface area contributed by atoms with Crippen molar-refractivity contribution in [3.05, 3.63) is 101 Å². The molecule has 4 rings (SSSR count). The number of benzene rings is 2. The molecule has 0 aliphatic carbocycles. The summed E-state index contributed by atoms with van der Waals surface area (Å²) in [5.41, 5.74) is 1.22. The quantitative estimate of drug-likeness (QED) is 0.350. The molecule has 0 spiro atoms. The lowest BCUT2D eigenvalue weighted by molar-refractivity contribution is 0.0695. The molecule has 0 amide bonds. The van der Waals surface area contributed by atoms with E-state index in [1.165, 1.54) is 42.1 Å². The van der Waals surface area contributed by atoms with Crippen LogP contribution < -0.4 is 9.47 Å². The van der Waals surface area contributed by atoms with Crippen molar-refractivity contribution in [3.63, 3.8) is 0 Å². The van der Waals surface area contributed by atoms with Gasteiger partial charge in [0.25, 0.3) is 0 Å². The number of halogens is 2. The lowest BCUT2D eigenvalue weighted by Gasteiger charge is -2.31. The number of hydrogen-bond donors (Lipinski definition) is 1. The van der Waals surface area contributed by atoms with Crippen LogP contribution in [0.5, 0.6) is 11.5 Å². The van der Waals surface area contributed by atoms with E-state index in [4.69, 9.17) is 9.47 Å². The number of carboxylic acid groups (broad SMARTS) is 1. The molecule has 0 bridgehead atoms. The van der Waals surface area contributed by atoms with Crippen molar-refractivity contribution in [3.8, 4) is 11.5 Å². The number of hydrogen-bond acceptors (Lipinski definition) is 5. The van der Waals surface area contributed by atoms with Crippen molar-refractivity contribution in [1.82, 2.24) is 9.55 Å². The molecule has 1 N–H and O–H groups in total. The third-order valence-electron chi connectivity index (χ3n) is 6.44. The second-order valence-electron chi connectivity index (χ2n) is 8.64. The highest BCUT2D eigenvalue weighted by Gasteiger charge is 2.35.